The van der Waals surface area contributed by atoms with Gasteiger partial charge in [-0.2, -0.15) is 0 Å². The molecule has 147 heavy (non-hydrogen) atoms. The maximum atomic E-state index is 16.0. The van der Waals surface area contributed by atoms with E-state index in [0.717, 1.165) is 204 Å². The van der Waals surface area contributed by atoms with Crippen molar-refractivity contribution in [2.45, 2.75) is 12.3 Å². The van der Waals surface area contributed by atoms with E-state index in [0.29, 0.717) is 0 Å². The van der Waals surface area contributed by atoms with Gasteiger partial charge in [-0.3, -0.25) is 13.2 Å². The summed E-state index contributed by atoms with van der Waals surface area (Å²) >= 11 is 0. The predicted molar refractivity (Wildman–Crippen MR) is 614 cm³/mol. The Balaban J connectivity index is 0.000000109. The quantitative estimate of drug-likeness (QED) is 0.0779. The van der Waals surface area contributed by atoms with Gasteiger partial charge in [0.05, 0.1) is 50.2 Å². The van der Waals surface area contributed by atoms with Crippen molar-refractivity contribution in [3.8, 4) is 67.0 Å². The molecule has 0 amide bonds. The Morgan fingerprint density at radius 3 is 1.03 bits per heavy atom. The van der Waals surface area contributed by atoms with Crippen LogP contribution in [0.25, 0.3) is 209 Å². The Bertz CT molecular complexity index is 10100. The molecule has 1 atom stereocenters. The molecule has 0 radical (unpaired) electrons. The van der Waals surface area contributed by atoms with Gasteiger partial charge in [0.15, 0.2) is 14.3 Å². The van der Waals surface area contributed by atoms with Crippen molar-refractivity contribution < 1.29 is 9.13 Å². The monoisotopic (exact) mass is 1920 g/mol. The maximum Gasteiger partial charge on any atom is 0.172 e. The van der Waals surface area contributed by atoms with E-state index in [9.17, 15) is 4.57 Å². The van der Waals surface area contributed by atoms with Gasteiger partial charge in [-0.05, 0) is 195 Å². The number of hydrogen-bond acceptors (Lipinski definition) is 8. The molecule has 1 aliphatic rings. The number of hydrogen-bond donors (Lipinski definition) is 0. The number of nitrogens with zero attached hydrogens (tertiary/aromatic N) is 9. The third kappa shape index (κ3) is 15.0. The number of imidazole rings is 3. The fourth-order valence-corrected chi connectivity index (χ4v) is 28.3. The lowest BCUT2D eigenvalue weighted by Crippen LogP contribution is -2.26. The van der Waals surface area contributed by atoms with Gasteiger partial charge in [0, 0.05) is 83.6 Å². The number of allylic oxidation sites excluding steroid dienone is 4. The molecule has 9 heterocycles. The Labute approximate surface area is 847 Å². The lowest BCUT2D eigenvalue weighted by molar-refractivity contribution is 0.592. The second-order valence-corrected chi connectivity index (χ2v) is 43.1. The molecule has 0 fully saturated rings. The van der Waals surface area contributed by atoms with Crippen LogP contribution in [-0.4, -0.2) is 43.1 Å². The van der Waals surface area contributed by atoms with Crippen molar-refractivity contribution in [1.82, 2.24) is 43.1 Å². The van der Waals surface area contributed by atoms with Crippen LogP contribution in [-0.2, 0) is 9.13 Å². The van der Waals surface area contributed by atoms with E-state index in [1.54, 1.807) is 0 Å². The van der Waals surface area contributed by atoms with Crippen LogP contribution in [0.4, 0.5) is 0 Å². The largest absolute Gasteiger partial charge is 0.309 e. The maximum absolute atomic E-state index is 16.0. The highest BCUT2D eigenvalue weighted by Crippen LogP contribution is 2.53. The highest BCUT2D eigenvalue weighted by molar-refractivity contribution is 7.86. The van der Waals surface area contributed by atoms with Gasteiger partial charge < -0.3 is 9.13 Å². The van der Waals surface area contributed by atoms with E-state index in [4.69, 9.17) is 29.9 Å². The molecular weight excluding hydrogens is 1830 g/mol. The van der Waals surface area contributed by atoms with E-state index < -0.39 is 14.3 Å². The SMILES string of the molecule is C1=CC(c2c3ccccc3c(-c3ccc(-c4ccccc4)cc3)c3ccccc23)CC(c2nc3ccccc3c3nc4ccccn4c23)=C1.O=P(c1ccccc1)(c1ccccc1)c1c2ccccc2c(-c2cccc(-c3nc4ccccc4c4nc5ccccn5c34)c2)c2ccccc12.O=P(c1ccccc1)(c1ccccc1)c1ccc2cc(-c3cccc(-c4nc5ccccc5c5nc6ccccn6c45)c3)ccc2c1. The van der Waals surface area contributed by atoms with Crippen LogP contribution >= 0.6 is 14.3 Å². The minimum Gasteiger partial charge on any atom is -0.309 e. The summed E-state index contributed by atoms with van der Waals surface area (Å²) in [5.41, 5.74) is 28.2. The first-order chi connectivity index (χ1) is 72.7. The van der Waals surface area contributed by atoms with Gasteiger partial charge in [-0.15, -0.1) is 0 Å². The summed E-state index contributed by atoms with van der Waals surface area (Å²) in [6.45, 7) is 0. The second kappa shape index (κ2) is 36.5. The van der Waals surface area contributed by atoms with Crippen molar-refractivity contribution in [2.75, 3.05) is 0 Å². The molecule has 0 aliphatic heterocycles. The molecule has 19 aromatic carbocycles. The molecule has 0 bridgehead atoms. The van der Waals surface area contributed by atoms with Gasteiger partial charge in [0.2, 0.25) is 0 Å². The summed E-state index contributed by atoms with van der Waals surface area (Å²) in [6, 6.07) is 167. The van der Waals surface area contributed by atoms with Crippen LogP contribution in [0, 0.1) is 0 Å². The fraction of sp³-hybridized carbons (Fsp3) is 0.0149. The highest BCUT2D eigenvalue weighted by Gasteiger charge is 2.36. The molecule has 28 aromatic rings. The standard InChI is InChI=1S/C46H30N3OP.C46H31N3.C42H28N3OP/c50-51(33-18-3-1-4-19-33,34-20-5-2-6-21-34)46-37-24-9-7-22-35(37)42(36-23-8-10-25-38(36)46)31-16-15-17-32(30-31)43-45-44(39-26-11-12-27-40(39)47-43)48-41-28-13-14-29-49(41)45;1-2-13-30(14-3-1)31-24-26-32(27-25-31)42-35-17-4-6-19-37(35)43(38-20-7-5-18-36(38)42)33-15-12-16-34(29-33)44-46-45(39-21-8-9-22-40(39)47-44)48-41-23-10-11-28-49(41)46;46-47(34-14-3-1-4-15-34,35-16-5-2-6-17-35)36-24-23-31-26-30(21-22-32(31)28-36)29-12-11-13-33(27-29)40-42-41(37-18-7-8-19-38(37)43-40)44-39-20-9-10-25-45(39)42/h1-30H;1-28,33H,29H2;1-28H. The number of para-hydroxylation sites is 3. The second-order valence-electron chi connectivity index (χ2n) is 37.6. The molecule has 11 nitrogen and oxygen atoms in total. The first-order valence-electron chi connectivity index (χ1n) is 49.7. The molecule has 0 saturated heterocycles. The molecule has 0 N–H and O–H groups in total. The smallest absolute Gasteiger partial charge is 0.172 e. The zero-order chi connectivity index (χ0) is 97.6. The van der Waals surface area contributed by atoms with E-state index in [2.05, 4.69) is 341 Å². The van der Waals surface area contributed by atoms with Gasteiger partial charge >= 0.3 is 0 Å². The third-order valence-electron chi connectivity index (χ3n) is 29.2. The van der Waals surface area contributed by atoms with Crippen molar-refractivity contribution >= 4 is 188 Å². The molecule has 29 rings (SSSR count). The van der Waals surface area contributed by atoms with Gasteiger partial charge in [-0.1, -0.05) is 425 Å². The minimum absolute atomic E-state index is 0.173. The van der Waals surface area contributed by atoms with E-state index in [1.807, 2.05) is 194 Å². The third-order valence-corrected chi connectivity index (χ3v) is 35.4. The number of fused-ring (bicyclic) bond motifs is 20. The van der Waals surface area contributed by atoms with Crippen LogP contribution in [0.5, 0.6) is 0 Å². The topological polar surface area (TPSA) is 125 Å². The average molecular weight is 1920 g/mol. The summed E-state index contributed by atoms with van der Waals surface area (Å²) in [5, 5.41) is 19.6. The summed E-state index contributed by atoms with van der Waals surface area (Å²) in [4.78, 5) is 30.9. The molecule has 1 aliphatic carbocycles. The summed E-state index contributed by atoms with van der Waals surface area (Å²) < 4.78 is 37.4. The first-order valence-corrected chi connectivity index (χ1v) is 53.2. The number of rotatable bonds is 14. The Morgan fingerprint density at radius 1 is 0.231 bits per heavy atom. The number of benzene rings is 19. The lowest BCUT2D eigenvalue weighted by Gasteiger charge is -2.25. The molecule has 0 saturated carbocycles. The molecule has 0 spiro atoms. The molecule has 692 valence electrons. The van der Waals surface area contributed by atoms with Crippen LogP contribution in [0.15, 0.2) is 522 Å². The van der Waals surface area contributed by atoms with Gasteiger partial charge in [0.1, 0.15) is 33.5 Å². The highest BCUT2D eigenvalue weighted by atomic mass is 31.2. The zero-order valence-corrected chi connectivity index (χ0v) is 81.5. The van der Waals surface area contributed by atoms with Crippen molar-refractivity contribution in [2.24, 2.45) is 0 Å². The molecule has 13 heteroatoms. The van der Waals surface area contributed by atoms with Gasteiger partial charge in [-0.25, -0.2) is 29.9 Å². The molecule has 9 aromatic heterocycles. The fourth-order valence-electron chi connectivity index (χ4n) is 22.5. The minimum atomic E-state index is -3.32. The van der Waals surface area contributed by atoms with Crippen molar-refractivity contribution in [3.63, 3.8) is 0 Å². The summed E-state index contributed by atoms with van der Waals surface area (Å²) in [6.07, 6.45) is 13.9. The Hall–Kier alpha value is -18.5. The van der Waals surface area contributed by atoms with Gasteiger partial charge in [0.25, 0.3) is 0 Å². The molecular formula is C134H89N9O2P2. The summed E-state index contributed by atoms with van der Waals surface area (Å²) in [7, 11) is -6.38. The number of pyridine rings is 6. The lowest BCUT2D eigenvalue weighted by atomic mass is 9.79. The zero-order valence-electron chi connectivity index (χ0n) is 79.7. The first kappa shape index (κ1) is 87.5. The molecule has 1 unspecified atom stereocenters. The van der Waals surface area contributed by atoms with Crippen molar-refractivity contribution in [1.29, 1.82) is 0 Å². The number of aromatic nitrogens is 9. The van der Waals surface area contributed by atoms with Crippen LogP contribution in [0.1, 0.15) is 23.6 Å². The van der Waals surface area contributed by atoms with Crippen LogP contribution < -0.4 is 31.8 Å². The van der Waals surface area contributed by atoms with E-state index in [-0.39, 0.29) is 5.92 Å². The Morgan fingerprint density at radius 2 is 0.558 bits per heavy atom. The average Bonchev–Trinajstić information content (AvgIpc) is 1.63. The van der Waals surface area contributed by atoms with E-state index >= 15 is 4.57 Å². The van der Waals surface area contributed by atoms with E-state index in [1.165, 1.54) is 54.9 Å². The Kier molecular flexibility index (Phi) is 21.7. The summed E-state index contributed by atoms with van der Waals surface area (Å²) in [5.74, 6) is 0.173. The van der Waals surface area contributed by atoms with Crippen LogP contribution in [0.3, 0.4) is 0 Å². The van der Waals surface area contributed by atoms with Crippen molar-refractivity contribution in [3.05, 3.63) is 533 Å². The predicted octanol–water partition coefficient (Wildman–Crippen LogP) is 31.3. The normalized spacial score (nSPS) is 12.9. The van der Waals surface area contributed by atoms with Crippen LogP contribution in [0.2, 0.25) is 0 Å².